The molecule has 0 unspecified atom stereocenters. The highest BCUT2D eigenvalue weighted by Gasteiger charge is 2.54. The number of H-pyrrole nitrogens is 1. The number of halogens is 5. The molecule has 3 N–H and O–H groups in total. The number of alkyl halides is 3. The third kappa shape index (κ3) is 3.32. The maximum atomic E-state index is 14.1. The largest absolute Gasteiger partial charge is 0.416 e. The van der Waals surface area contributed by atoms with E-state index in [4.69, 9.17) is 10.5 Å². The number of benzene rings is 1. The lowest BCUT2D eigenvalue weighted by molar-refractivity contribution is -0.269. The number of aromatic amines is 1. The van der Waals surface area contributed by atoms with Crippen LogP contribution in [0.4, 0.5) is 22.0 Å². The third-order valence-corrected chi connectivity index (χ3v) is 5.14. The van der Waals surface area contributed by atoms with Crippen LogP contribution < -0.4 is 5.73 Å². The Bertz CT molecular complexity index is 818. The van der Waals surface area contributed by atoms with Gasteiger partial charge in [-0.25, -0.2) is 8.78 Å². The zero-order chi connectivity index (χ0) is 19.3. The molecule has 0 bridgehead atoms. The van der Waals surface area contributed by atoms with E-state index in [1.54, 1.807) is 11.1 Å². The van der Waals surface area contributed by atoms with Gasteiger partial charge in [0, 0.05) is 36.3 Å². The molecule has 0 radical (unpaired) electrons. The fourth-order valence-corrected chi connectivity index (χ4v) is 3.87. The van der Waals surface area contributed by atoms with Gasteiger partial charge in [0.1, 0.15) is 17.7 Å². The van der Waals surface area contributed by atoms with Gasteiger partial charge in [0.2, 0.25) is 0 Å². The van der Waals surface area contributed by atoms with Gasteiger partial charge in [-0.2, -0.15) is 18.3 Å². The molecule has 4 rings (SSSR count). The summed E-state index contributed by atoms with van der Waals surface area (Å²) in [5.41, 5.74) is 7.32. The van der Waals surface area contributed by atoms with Gasteiger partial charge >= 0.3 is 6.18 Å². The fraction of sp³-hybridized carbons (Fsp3) is 0.471. The lowest BCUT2D eigenvalue weighted by Crippen LogP contribution is -2.58. The summed E-state index contributed by atoms with van der Waals surface area (Å²) in [7, 11) is 0. The van der Waals surface area contributed by atoms with Gasteiger partial charge in [-0.15, -0.1) is 0 Å². The van der Waals surface area contributed by atoms with Crippen LogP contribution in [-0.2, 0) is 17.8 Å². The average molecular weight is 388 g/mol. The van der Waals surface area contributed by atoms with Crippen LogP contribution in [-0.4, -0.2) is 39.5 Å². The molecule has 146 valence electrons. The third-order valence-electron chi connectivity index (χ3n) is 5.14. The number of hydrogen-bond acceptors (Lipinski definition) is 4. The summed E-state index contributed by atoms with van der Waals surface area (Å²) in [6.07, 6.45) is -6.72. The van der Waals surface area contributed by atoms with Crippen molar-refractivity contribution in [3.8, 4) is 0 Å². The molecular weight excluding hydrogens is 371 g/mol. The molecule has 0 saturated carbocycles. The summed E-state index contributed by atoms with van der Waals surface area (Å²) < 4.78 is 74.0. The summed E-state index contributed by atoms with van der Waals surface area (Å²) in [6.45, 7) is 0.555. The Morgan fingerprint density at radius 1 is 1.22 bits per heavy atom. The van der Waals surface area contributed by atoms with Crippen LogP contribution in [0, 0.1) is 11.6 Å². The van der Waals surface area contributed by atoms with Crippen LogP contribution in [0.1, 0.15) is 29.3 Å². The van der Waals surface area contributed by atoms with E-state index in [1.807, 2.05) is 0 Å². The molecule has 2 aromatic rings. The van der Waals surface area contributed by atoms with Crippen molar-refractivity contribution in [3.05, 3.63) is 52.9 Å². The highest BCUT2D eigenvalue weighted by Crippen LogP contribution is 2.42. The molecule has 27 heavy (non-hydrogen) atoms. The molecule has 0 aliphatic carbocycles. The number of rotatable bonds is 2. The minimum Gasteiger partial charge on any atom is -0.357 e. The highest BCUT2D eigenvalue weighted by molar-refractivity contribution is 5.25. The van der Waals surface area contributed by atoms with Crippen molar-refractivity contribution in [1.29, 1.82) is 0 Å². The molecule has 10 heteroatoms. The topological polar surface area (TPSA) is 67.2 Å². The predicted molar refractivity (Wildman–Crippen MR) is 84.2 cm³/mol. The Balaban J connectivity index is 1.62. The Morgan fingerprint density at radius 3 is 2.70 bits per heavy atom. The van der Waals surface area contributed by atoms with Gasteiger partial charge in [-0.1, -0.05) is 0 Å². The number of fused-ring (bicyclic) bond motifs is 1. The van der Waals surface area contributed by atoms with Gasteiger partial charge in [0.25, 0.3) is 0 Å². The van der Waals surface area contributed by atoms with Crippen molar-refractivity contribution in [2.75, 3.05) is 0 Å². The van der Waals surface area contributed by atoms with Gasteiger partial charge in [0.05, 0.1) is 11.9 Å². The Labute approximate surface area is 151 Å². The lowest BCUT2D eigenvalue weighted by Gasteiger charge is -2.44. The van der Waals surface area contributed by atoms with E-state index in [1.165, 1.54) is 0 Å². The number of aromatic nitrogens is 2. The van der Waals surface area contributed by atoms with E-state index in [-0.39, 0.29) is 25.1 Å². The van der Waals surface area contributed by atoms with Crippen molar-refractivity contribution in [1.82, 2.24) is 15.1 Å². The van der Waals surface area contributed by atoms with E-state index in [0.717, 1.165) is 29.5 Å². The van der Waals surface area contributed by atoms with E-state index in [9.17, 15) is 22.0 Å². The second kappa shape index (κ2) is 6.54. The van der Waals surface area contributed by atoms with E-state index >= 15 is 0 Å². The molecule has 3 heterocycles. The molecule has 1 aromatic carbocycles. The molecule has 0 amide bonds. The molecule has 4 atom stereocenters. The molecule has 1 fully saturated rings. The van der Waals surface area contributed by atoms with Gasteiger partial charge in [-0.3, -0.25) is 10.00 Å². The SMILES string of the molecule is N[C@H]1C[C@@H](N2Cc3cn[nH]c3C2)[C@@H](C(F)(F)F)O[C@@H]1c1cc(F)ccc1F. The number of nitrogens with one attached hydrogen (secondary N) is 1. The summed E-state index contributed by atoms with van der Waals surface area (Å²) in [5, 5.41) is 6.63. The highest BCUT2D eigenvalue weighted by atomic mass is 19.4. The molecule has 1 saturated heterocycles. The summed E-state index contributed by atoms with van der Waals surface area (Å²) in [4.78, 5) is 1.62. The van der Waals surface area contributed by atoms with Crippen LogP contribution in [0.5, 0.6) is 0 Å². The molecule has 2 aliphatic rings. The summed E-state index contributed by atoms with van der Waals surface area (Å²) >= 11 is 0. The minimum absolute atomic E-state index is 0.0670. The van der Waals surface area contributed by atoms with Crippen molar-refractivity contribution in [2.24, 2.45) is 5.73 Å². The number of ether oxygens (including phenoxy) is 1. The normalized spacial score (nSPS) is 29.1. The van der Waals surface area contributed by atoms with Crippen LogP contribution in [0.2, 0.25) is 0 Å². The molecule has 0 spiro atoms. The lowest BCUT2D eigenvalue weighted by atomic mass is 9.89. The first kappa shape index (κ1) is 18.3. The monoisotopic (exact) mass is 388 g/mol. The van der Waals surface area contributed by atoms with Crippen molar-refractivity contribution < 1.29 is 26.7 Å². The Hall–Kier alpha value is -2.04. The minimum atomic E-state index is -4.68. The smallest absolute Gasteiger partial charge is 0.357 e. The molecular formula is C17H17F5N4O. The number of nitrogens with two attached hydrogens (primary N) is 1. The second-order valence-corrected chi connectivity index (χ2v) is 6.93. The van der Waals surface area contributed by atoms with Crippen molar-refractivity contribution >= 4 is 0 Å². The number of nitrogens with zero attached hydrogens (tertiary/aromatic N) is 2. The van der Waals surface area contributed by atoms with E-state index < -0.39 is 42.1 Å². The van der Waals surface area contributed by atoms with Crippen LogP contribution in [0.3, 0.4) is 0 Å². The first-order valence-corrected chi connectivity index (χ1v) is 8.42. The standard InChI is InChI=1S/C17H17F5N4O/c18-9-1-2-11(19)10(3-9)15-12(23)4-14(16(27-15)17(20,21)22)26-6-8-5-24-25-13(8)7-26/h1-3,5,12,14-16H,4,6-7,23H2,(H,24,25)/t12-,14+,15+,16-/m0/s1. The van der Waals surface area contributed by atoms with Crippen LogP contribution >= 0.6 is 0 Å². The maximum absolute atomic E-state index is 14.1. The first-order valence-electron chi connectivity index (χ1n) is 8.42. The van der Waals surface area contributed by atoms with Gasteiger partial charge in [0.15, 0.2) is 6.10 Å². The van der Waals surface area contributed by atoms with E-state index in [0.29, 0.717) is 0 Å². The predicted octanol–water partition coefficient (Wildman–Crippen LogP) is 2.79. The van der Waals surface area contributed by atoms with Gasteiger partial charge in [-0.05, 0) is 24.6 Å². The summed E-state index contributed by atoms with van der Waals surface area (Å²) in [5.74, 6) is -1.61. The van der Waals surface area contributed by atoms with Crippen molar-refractivity contribution in [3.63, 3.8) is 0 Å². The first-order chi connectivity index (χ1) is 12.7. The molecule has 1 aromatic heterocycles. The molecule has 2 aliphatic heterocycles. The summed E-state index contributed by atoms with van der Waals surface area (Å²) in [6, 6.07) is 0.633. The fourth-order valence-electron chi connectivity index (χ4n) is 3.87. The second-order valence-electron chi connectivity index (χ2n) is 6.93. The number of hydrogen-bond donors (Lipinski definition) is 2. The van der Waals surface area contributed by atoms with Crippen molar-refractivity contribution in [2.45, 2.75) is 50.0 Å². The maximum Gasteiger partial charge on any atom is 0.416 e. The zero-order valence-corrected chi connectivity index (χ0v) is 14.0. The quantitative estimate of drug-likeness (QED) is 0.777. The Morgan fingerprint density at radius 2 is 2.00 bits per heavy atom. The molecule has 5 nitrogen and oxygen atoms in total. The average Bonchev–Trinajstić information content (AvgIpc) is 3.17. The van der Waals surface area contributed by atoms with Crippen LogP contribution in [0.25, 0.3) is 0 Å². The van der Waals surface area contributed by atoms with E-state index in [2.05, 4.69) is 10.2 Å². The zero-order valence-electron chi connectivity index (χ0n) is 14.0. The van der Waals surface area contributed by atoms with Gasteiger partial charge < -0.3 is 10.5 Å². The van der Waals surface area contributed by atoms with Crippen LogP contribution in [0.15, 0.2) is 24.4 Å². The Kier molecular flexibility index (Phi) is 4.44.